The van der Waals surface area contributed by atoms with Crippen LogP contribution in [-0.4, -0.2) is 35.4 Å². The van der Waals surface area contributed by atoms with Crippen LogP contribution < -0.4 is 11.1 Å². The van der Waals surface area contributed by atoms with Crippen LogP contribution in [0.25, 0.3) is 0 Å². The van der Waals surface area contributed by atoms with Gasteiger partial charge < -0.3 is 15.3 Å². The Hall–Kier alpha value is 1.97. The van der Waals surface area contributed by atoms with Crippen molar-refractivity contribution >= 4 is 160 Å². The Morgan fingerprint density at radius 3 is 1.08 bits per heavy atom. The van der Waals surface area contributed by atoms with Crippen LogP contribution >= 0.6 is 57.6 Å². The van der Waals surface area contributed by atoms with Crippen molar-refractivity contribution in [2.75, 3.05) is 0 Å². The van der Waals surface area contributed by atoms with Gasteiger partial charge in [0.05, 0.1) is 0 Å². The van der Waals surface area contributed by atoms with Gasteiger partial charge in [0.15, 0.2) is 0 Å². The van der Waals surface area contributed by atoms with Gasteiger partial charge in [-0.05, 0) is 27.8 Å². The standard InChI is InChI=1S/C4H7NO2.C4H6O3.C3H6O.C2H5NO.2CH4.H9P7.S7/c1-3(6)5-4(2)7;1-3(5)7-4(2)6;1-3(2)4;1-2(3)4;;;1-5-7(4)6(2)3;1-3-5-7-6-4-2/h1-2H3,(H,5,6,7);1-2H3;1-2H3;1H3,(H2,3,4);2*1H4;5H,1-4H2;. The SMILES string of the molecule is C.C.CC(=O)NC(C)=O.CC(=O)OC(C)=O.CC(C)=O.CC(N)=O.PPP(P)P(P)P.S=S=S=S=S=S=S. The number of carbonyl (C=O) groups excluding carboxylic acids is 6. The molecule has 38 heavy (non-hydrogen) atoms. The molecule has 0 heterocycles. The molecule has 0 aromatic rings. The van der Waals surface area contributed by atoms with Gasteiger partial charge in [-0.25, -0.2) is 0 Å². The number of hydrogen-bond acceptors (Lipinski definition) is 9. The maximum atomic E-state index is 9.92. The van der Waals surface area contributed by atoms with Gasteiger partial charge in [0.1, 0.15) is 5.78 Å². The summed E-state index contributed by atoms with van der Waals surface area (Å²) in [6.45, 7) is 9.76. The first kappa shape index (κ1) is 59.4. The number of nitrogens with one attached hydrogen (secondary N) is 1. The van der Waals surface area contributed by atoms with E-state index in [9.17, 15) is 28.8 Å². The summed E-state index contributed by atoms with van der Waals surface area (Å²) in [4.78, 5) is 58.1. The molecule has 0 aliphatic heterocycles. The maximum Gasteiger partial charge on any atom is 0.310 e. The van der Waals surface area contributed by atoms with Gasteiger partial charge in [-0.15, -0.1) is 35.7 Å². The Kier molecular flexibility index (Phi) is 76.1. The van der Waals surface area contributed by atoms with E-state index in [4.69, 9.17) is 0 Å². The number of ketones is 1. The van der Waals surface area contributed by atoms with E-state index in [1.54, 1.807) is 26.6 Å². The van der Waals surface area contributed by atoms with Gasteiger partial charge in [0.25, 0.3) is 0 Å². The maximum absolute atomic E-state index is 9.92. The van der Waals surface area contributed by atoms with Gasteiger partial charge in [-0.1, -0.05) is 22.8 Å². The van der Waals surface area contributed by atoms with E-state index in [1.165, 1.54) is 66.2 Å². The monoisotopic (exact) mass is 802 g/mol. The van der Waals surface area contributed by atoms with Crippen LogP contribution in [-0.2, 0) is 100 Å². The minimum Gasteiger partial charge on any atom is -0.394 e. The summed E-state index contributed by atoms with van der Waals surface area (Å²) in [5.74, 6) is -1.92. The number of Topliss-reactive ketones (excluding diaryl/α,β-unsaturated/α-hetero) is 1. The number of primary amides is 1. The third-order valence-electron chi connectivity index (χ3n) is 1.13. The molecule has 3 N–H and O–H groups in total. The lowest BCUT2D eigenvalue weighted by Crippen LogP contribution is -2.24. The summed E-state index contributed by atoms with van der Waals surface area (Å²) in [7, 11) is 19.8. The summed E-state index contributed by atoms with van der Waals surface area (Å²) in [5, 5.41) is 2.03. The average molecular weight is 803 g/mol. The highest BCUT2D eigenvalue weighted by Crippen LogP contribution is 2.92. The normalized spacial score (nSPS) is 8.42. The zero-order chi connectivity index (χ0) is 30.3. The third kappa shape index (κ3) is 130. The van der Waals surface area contributed by atoms with E-state index < -0.39 is 11.9 Å². The summed E-state index contributed by atoms with van der Waals surface area (Å²) in [6.07, 6.45) is 0. The number of nitrogens with two attached hydrogens (primary N) is 1. The number of amides is 3. The number of imide groups is 1. The molecular weight excluding hydrogens is 761 g/mol. The van der Waals surface area contributed by atoms with Gasteiger partial charge in [-0.2, -0.15) is 0 Å². The molecule has 0 fully saturated rings. The van der Waals surface area contributed by atoms with E-state index in [0.29, 0.717) is 0 Å². The van der Waals surface area contributed by atoms with Crippen LogP contribution in [0.15, 0.2) is 0 Å². The topological polar surface area (TPSA) is 150 Å². The van der Waals surface area contributed by atoms with Gasteiger partial charge >= 0.3 is 11.9 Å². The molecule has 0 spiro atoms. The molecular formula is C15H41N2O7P7S7. The van der Waals surface area contributed by atoms with E-state index in [2.05, 4.69) is 68.6 Å². The van der Waals surface area contributed by atoms with Crippen molar-refractivity contribution in [3.63, 3.8) is 0 Å². The molecule has 0 aliphatic rings. The molecule has 6 atom stereocenters. The molecule has 230 valence electrons. The Bertz CT molecular complexity index is 795. The van der Waals surface area contributed by atoms with Crippen LogP contribution in [0, 0.1) is 0 Å². The van der Waals surface area contributed by atoms with Crippen molar-refractivity contribution in [2.24, 2.45) is 5.73 Å². The van der Waals surface area contributed by atoms with E-state index in [1.807, 2.05) is 5.32 Å². The zero-order valence-electron chi connectivity index (χ0n) is 20.5. The lowest BCUT2D eigenvalue weighted by atomic mass is 10.6. The second-order valence-corrected chi connectivity index (χ2v) is 36.1. The molecule has 0 saturated heterocycles. The molecule has 0 radical (unpaired) electrons. The Morgan fingerprint density at radius 1 is 0.763 bits per heavy atom. The fraction of sp³-hybridized carbons (Fsp3) is 0.600. The highest BCUT2D eigenvalue weighted by molar-refractivity contribution is 8.98. The fourth-order valence-electron chi connectivity index (χ4n) is 0.551. The Labute approximate surface area is 265 Å². The smallest absolute Gasteiger partial charge is 0.310 e. The van der Waals surface area contributed by atoms with Crippen molar-refractivity contribution < 1.29 is 33.5 Å². The first-order valence-electron chi connectivity index (χ1n) is 8.41. The number of rotatable bonds is 2. The summed E-state index contributed by atoms with van der Waals surface area (Å²) < 4.78 is 3.97. The highest BCUT2D eigenvalue weighted by atomic mass is 33.4. The molecule has 23 heteroatoms. The Balaban J connectivity index is -0.0000000475. The summed E-state index contributed by atoms with van der Waals surface area (Å²) in [5.41, 5.74) is 4.47. The molecule has 0 aromatic carbocycles. The third-order valence-corrected chi connectivity index (χ3v) is 40.5. The molecule has 0 aromatic heterocycles. The van der Waals surface area contributed by atoms with Crippen molar-refractivity contribution in [3.8, 4) is 0 Å². The molecule has 0 bridgehead atoms. The Morgan fingerprint density at radius 2 is 1.03 bits per heavy atom. The number of ether oxygens (including phenoxy) is 1. The molecule has 0 aliphatic carbocycles. The molecule has 0 rings (SSSR count). The summed E-state index contributed by atoms with van der Waals surface area (Å²) >= 11 is 9.14. The summed E-state index contributed by atoms with van der Waals surface area (Å²) in [6, 6.07) is 0. The minimum atomic E-state index is -0.562. The van der Waals surface area contributed by atoms with Gasteiger partial charge in [0.2, 0.25) is 17.7 Å². The second-order valence-electron chi connectivity index (χ2n) is 5.04. The van der Waals surface area contributed by atoms with Gasteiger partial charge in [-0.3, -0.25) is 29.3 Å². The van der Waals surface area contributed by atoms with Crippen LogP contribution in [0.3, 0.4) is 0 Å². The first-order chi connectivity index (χ1) is 16.3. The molecule has 6 unspecified atom stereocenters. The predicted molar refractivity (Wildman–Crippen MR) is 204 cm³/mol. The fourth-order valence-corrected chi connectivity index (χ4v) is 24.9. The lowest BCUT2D eigenvalue weighted by Gasteiger charge is -2.11. The predicted octanol–water partition coefficient (Wildman–Crippen LogP) is 4.73. The van der Waals surface area contributed by atoms with E-state index in [-0.39, 0.29) is 52.3 Å². The van der Waals surface area contributed by atoms with E-state index >= 15 is 0 Å². The zero-order valence-corrected chi connectivity index (χ0v) is 33.6. The molecule has 9 nitrogen and oxygen atoms in total. The lowest BCUT2D eigenvalue weighted by molar-refractivity contribution is -0.156. The first-order valence-corrected chi connectivity index (χ1v) is 28.3. The largest absolute Gasteiger partial charge is 0.394 e. The second kappa shape index (κ2) is 48.7. The van der Waals surface area contributed by atoms with Crippen molar-refractivity contribution in [3.05, 3.63) is 0 Å². The van der Waals surface area contributed by atoms with Crippen LogP contribution in [0.2, 0.25) is 0 Å². The highest BCUT2D eigenvalue weighted by Gasteiger charge is 2.00. The van der Waals surface area contributed by atoms with Crippen molar-refractivity contribution in [1.82, 2.24) is 5.32 Å². The molecule has 0 saturated carbocycles. The quantitative estimate of drug-likeness (QED) is 0.230. The minimum absolute atomic E-state index is 0. The van der Waals surface area contributed by atoms with Gasteiger partial charge in [0, 0.05) is 101 Å². The van der Waals surface area contributed by atoms with Crippen LogP contribution in [0.5, 0.6) is 0 Å². The molecule has 3 amide bonds. The van der Waals surface area contributed by atoms with Crippen molar-refractivity contribution in [2.45, 2.75) is 63.3 Å². The number of hydrogen-bond donors (Lipinski definition) is 2. The van der Waals surface area contributed by atoms with Crippen LogP contribution in [0.1, 0.15) is 63.3 Å². The van der Waals surface area contributed by atoms with Crippen LogP contribution in [0.4, 0.5) is 0 Å². The van der Waals surface area contributed by atoms with Crippen molar-refractivity contribution in [1.29, 1.82) is 0 Å². The number of carbonyl (C=O) groups is 6. The van der Waals surface area contributed by atoms with E-state index in [0.717, 1.165) is 7.96 Å². The average Bonchev–Trinajstić information content (AvgIpc) is 2.66. The number of esters is 2.